The Kier molecular flexibility index (Phi) is 5.01. The summed E-state index contributed by atoms with van der Waals surface area (Å²) in [5.41, 5.74) is 2.56. The Morgan fingerprint density at radius 1 is 0.933 bits per heavy atom. The number of benzene rings is 1. The summed E-state index contributed by atoms with van der Waals surface area (Å²) < 4.78 is 7.27. The van der Waals surface area contributed by atoms with Crippen LogP contribution in [0.3, 0.4) is 0 Å². The highest BCUT2D eigenvalue weighted by molar-refractivity contribution is 5.54. The molecule has 5 rings (SSSR count). The molecule has 0 amide bonds. The van der Waals surface area contributed by atoms with Crippen LogP contribution in [0.1, 0.15) is 5.69 Å². The van der Waals surface area contributed by atoms with Crippen LogP contribution in [-0.4, -0.2) is 69.9 Å². The Morgan fingerprint density at radius 3 is 2.33 bits per heavy atom. The molecule has 0 unspecified atom stereocenters. The molecule has 0 spiro atoms. The van der Waals surface area contributed by atoms with Gasteiger partial charge in [0.05, 0.1) is 37.8 Å². The number of rotatable bonds is 5. The maximum Gasteiger partial charge on any atom is 0.158 e. The predicted molar refractivity (Wildman–Crippen MR) is 112 cm³/mol. The zero-order chi connectivity index (χ0) is 20.3. The van der Waals surface area contributed by atoms with Crippen molar-refractivity contribution >= 4 is 17.3 Å². The van der Waals surface area contributed by atoms with Crippen molar-refractivity contribution in [1.82, 2.24) is 24.4 Å². The Bertz CT molecular complexity index is 1030. The highest BCUT2D eigenvalue weighted by Crippen LogP contribution is 2.22. The first-order valence-electron chi connectivity index (χ1n) is 9.99. The summed E-state index contributed by atoms with van der Waals surface area (Å²) in [6.45, 7) is 6.03. The number of anilines is 3. The molecule has 2 aromatic heterocycles. The van der Waals surface area contributed by atoms with Gasteiger partial charge in [-0.25, -0.2) is 15.0 Å². The van der Waals surface area contributed by atoms with Crippen LogP contribution in [0.25, 0.3) is 5.69 Å². The standard InChI is InChI=1S/C21H22N8O/c22-9-16-10-24-20(11-23-16)26-21-12-29(15-25-21)18-3-1-17(2-4-18)27-5-7-28(8-6-27)19-13-30-14-19/h1-4,10-12,15,19H,5-8,13-14H2,(H,24,26). The maximum atomic E-state index is 8.80. The highest BCUT2D eigenvalue weighted by Gasteiger charge is 2.28. The summed E-state index contributed by atoms with van der Waals surface area (Å²) in [5.74, 6) is 1.20. The molecule has 1 aromatic carbocycles. The number of imidazole rings is 1. The molecule has 0 bridgehead atoms. The van der Waals surface area contributed by atoms with E-state index in [1.165, 1.54) is 18.1 Å². The van der Waals surface area contributed by atoms with Crippen LogP contribution in [-0.2, 0) is 4.74 Å². The zero-order valence-corrected chi connectivity index (χ0v) is 16.5. The molecule has 0 aliphatic carbocycles. The number of nitriles is 1. The predicted octanol–water partition coefficient (Wildman–Crippen LogP) is 1.80. The minimum absolute atomic E-state index is 0.282. The SMILES string of the molecule is N#Cc1cnc(Nc2cn(-c3ccc(N4CCN(C5COC5)CC4)cc3)cn2)cn1. The van der Waals surface area contributed by atoms with Crippen LogP contribution in [0.4, 0.5) is 17.3 Å². The summed E-state index contributed by atoms with van der Waals surface area (Å²) in [6, 6.07) is 11.1. The molecular formula is C21H22N8O. The van der Waals surface area contributed by atoms with E-state index in [1.807, 2.05) is 16.8 Å². The average molecular weight is 402 g/mol. The van der Waals surface area contributed by atoms with Crippen LogP contribution >= 0.6 is 0 Å². The number of piperazine rings is 1. The van der Waals surface area contributed by atoms with Crippen molar-refractivity contribution in [3.63, 3.8) is 0 Å². The Hall–Kier alpha value is -3.48. The molecule has 30 heavy (non-hydrogen) atoms. The van der Waals surface area contributed by atoms with E-state index < -0.39 is 0 Å². The van der Waals surface area contributed by atoms with Crippen LogP contribution in [0, 0.1) is 11.3 Å². The van der Waals surface area contributed by atoms with Crippen LogP contribution in [0.15, 0.2) is 49.2 Å². The Balaban J connectivity index is 1.21. The smallest absolute Gasteiger partial charge is 0.158 e. The molecule has 3 aromatic rings. The van der Waals surface area contributed by atoms with Gasteiger partial charge in [-0.2, -0.15) is 5.26 Å². The van der Waals surface area contributed by atoms with E-state index in [9.17, 15) is 0 Å². The molecule has 2 aliphatic heterocycles. The quantitative estimate of drug-likeness (QED) is 0.690. The van der Waals surface area contributed by atoms with Gasteiger partial charge in [0.25, 0.3) is 0 Å². The van der Waals surface area contributed by atoms with E-state index in [0.717, 1.165) is 45.1 Å². The van der Waals surface area contributed by atoms with Gasteiger partial charge in [-0.05, 0) is 24.3 Å². The van der Waals surface area contributed by atoms with E-state index in [-0.39, 0.29) is 5.69 Å². The maximum absolute atomic E-state index is 8.80. The fourth-order valence-corrected chi connectivity index (χ4v) is 3.73. The van der Waals surface area contributed by atoms with Crippen LogP contribution in [0.5, 0.6) is 0 Å². The van der Waals surface area contributed by atoms with Crippen LogP contribution in [0.2, 0.25) is 0 Å². The second-order valence-electron chi connectivity index (χ2n) is 7.42. The average Bonchev–Trinajstić information content (AvgIpc) is 3.22. The lowest BCUT2D eigenvalue weighted by Gasteiger charge is -2.43. The van der Waals surface area contributed by atoms with Gasteiger partial charge in [-0.15, -0.1) is 0 Å². The van der Waals surface area contributed by atoms with E-state index in [0.29, 0.717) is 17.7 Å². The minimum Gasteiger partial charge on any atom is -0.378 e. The zero-order valence-electron chi connectivity index (χ0n) is 16.5. The fourth-order valence-electron chi connectivity index (χ4n) is 3.73. The second kappa shape index (κ2) is 8.10. The normalized spacial score (nSPS) is 17.4. The highest BCUT2D eigenvalue weighted by atomic mass is 16.5. The topological polar surface area (TPSA) is 95.1 Å². The number of nitrogens with one attached hydrogen (secondary N) is 1. The van der Waals surface area contributed by atoms with Crippen molar-refractivity contribution in [2.45, 2.75) is 6.04 Å². The lowest BCUT2D eigenvalue weighted by molar-refractivity contribution is -0.0660. The minimum atomic E-state index is 0.282. The van der Waals surface area contributed by atoms with Gasteiger partial charge in [0, 0.05) is 37.6 Å². The molecular weight excluding hydrogens is 380 g/mol. The molecule has 2 fully saturated rings. The summed E-state index contributed by atoms with van der Waals surface area (Å²) >= 11 is 0. The summed E-state index contributed by atoms with van der Waals surface area (Å²) in [5, 5.41) is 11.9. The van der Waals surface area contributed by atoms with E-state index in [1.54, 1.807) is 6.33 Å². The second-order valence-corrected chi connectivity index (χ2v) is 7.42. The van der Waals surface area contributed by atoms with Gasteiger partial charge in [0.15, 0.2) is 5.69 Å². The van der Waals surface area contributed by atoms with Crippen molar-refractivity contribution in [2.75, 3.05) is 49.6 Å². The van der Waals surface area contributed by atoms with Crippen molar-refractivity contribution in [3.8, 4) is 11.8 Å². The van der Waals surface area contributed by atoms with Gasteiger partial charge < -0.3 is 19.5 Å². The third-order valence-electron chi connectivity index (χ3n) is 5.57. The van der Waals surface area contributed by atoms with E-state index >= 15 is 0 Å². The van der Waals surface area contributed by atoms with E-state index in [4.69, 9.17) is 10.00 Å². The van der Waals surface area contributed by atoms with Crippen molar-refractivity contribution in [2.24, 2.45) is 0 Å². The van der Waals surface area contributed by atoms with E-state index in [2.05, 4.69) is 54.3 Å². The third-order valence-corrected chi connectivity index (χ3v) is 5.57. The molecule has 4 heterocycles. The molecule has 1 N–H and O–H groups in total. The monoisotopic (exact) mass is 402 g/mol. The Morgan fingerprint density at radius 2 is 1.70 bits per heavy atom. The van der Waals surface area contributed by atoms with Gasteiger partial charge in [0.2, 0.25) is 0 Å². The summed E-state index contributed by atoms with van der Waals surface area (Å²) in [7, 11) is 0. The number of hydrogen-bond donors (Lipinski definition) is 1. The lowest BCUT2D eigenvalue weighted by Crippen LogP contribution is -2.56. The van der Waals surface area contributed by atoms with Gasteiger partial charge in [-0.3, -0.25) is 4.90 Å². The van der Waals surface area contributed by atoms with Gasteiger partial charge >= 0.3 is 0 Å². The molecule has 152 valence electrons. The number of hydrogen-bond acceptors (Lipinski definition) is 8. The molecule has 9 heteroatoms. The summed E-state index contributed by atoms with van der Waals surface area (Å²) in [4.78, 5) is 17.5. The molecule has 0 atom stereocenters. The number of ether oxygens (including phenoxy) is 1. The van der Waals surface area contributed by atoms with Crippen LogP contribution < -0.4 is 10.2 Å². The molecule has 2 saturated heterocycles. The van der Waals surface area contributed by atoms with Crippen molar-refractivity contribution in [3.05, 3.63) is 54.9 Å². The van der Waals surface area contributed by atoms with Crippen molar-refractivity contribution in [1.29, 1.82) is 5.26 Å². The van der Waals surface area contributed by atoms with Gasteiger partial charge in [-0.1, -0.05) is 0 Å². The first kappa shape index (κ1) is 18.5. The molecule has 0 radical (unpaired) electrons. The summed E-state index contributed by atoms with van der Waals surface area (Å²) in [6.07, 6.45) is 6.60. The third kappa shape index (κ3) is 3.83. The number of aromatic nitrogens is 4. The first-order chi connectivity index (χ1) is 14.8. The number of nitrogens with zero attached hydrogens (tertiary/aromatic N) is 7. The molecule has 9 nitrogen and oxygen atoms in total. The van der Waals surface area contributed by atoms with Gasteiger partial charge in [0.1, 0.15) is 24.0 Å². The largest absolute Gasteiger partial charge is 0.378 e. The first-order valence-corrected chi connectivity index (χ1v) is 9.99. The molecule has 0 saturated carbocycles. The lowest BCUT2D eigenvalue weighted by atomic mass is 10.1. The fraction of sp³-hybridized carbons (Fsp3) is 0.333. The Labute approximate surface area is 174 Å². The van der Waals surface area contributed by atoms with Crippen molar-refractivity contribution < 1.29 is 4.74 Å². The molecule has 2 aliphatic rings.